The smallest absolute Gasteiger partial charge is 0.242 e. The maximum absolute atomic E-state index is 12.8. The van der Waals surface area contributed by atoms with Crippen molar-refractivity contribution in [1.29, 1.82) is 0 Å². The van der Waals surface area contributed by atoms with Crippen molar-refractivity contribution < 1.29 is 14.0 Å². The van der Waals surface area contributed by atoms with Gasteiger partial charge in [-0.3, -0.25) is 9.59 Å². The zero-order valence-electron chi connectivity index (χ0n) is 14.1. The molecule has 6 nitrogen and oxygen atoms in total. The third-order valence-corrected chi connectivity index (χ3v) is 4.38. The van der Waals surface area contributed by atoms with Gasteiger partial charge in [-0.25, -0.2) is 0 Å². The Morgan fingerprint density at radius 2 is 2.04 bits per heavy atom. The molecule has 2 aromatic heterocycles. The van der Waals surface area contributed by atoms with Crippen LogP contribution in [0.25, 0.3) is 0 Å². The van der Waals surface area contributed by atoms with E-state index in [1.54, 1.807) is 16.1 Å². The zero-order valence-corrected chi connectivity index (χ0v) is 14.1. The summed E-state index contributed by atoms with van der Waals surface area (Å²) in [5.74, 6) is 0.635. The Kier molecular flexibility index (Phi) is 4.74. The van der Waals surface area contributed by atoms with Crippen LogP contribution in [-0.2, 0) is 29.7 Å². The average molecular weight is 329 g/mol. The highest BCUT2D eigenvalue weighted by Crippen LogP contribution is 2.27. The molecule has 3 rings (SSSR count). The van der Waals surface area contributed by atoms with Gasteiger partial charge in [0, 0.05) is 31.9 Å². The van der Waals surface area contributed by atoms with Gasteiger partial charge in [0.05, 0.1) is 19.4 Å². The van der Waals surface area contributed by atoms with Gasteiger partial charge in [0.2, 0.25) is 11.8 Å². The normalized spacial score (nSPS) is 13.8. The first-order chi connectivity index (χ1) is 11.5. The first-order valence-corrected chi connectivity index (χ1v) is 8.22. The lowest BCUT2D eigenvalue weighted by Crippen LogP contribution is -2.42. The average Bonchev–Trinajstić information content (AvgIpc) is 3.10. The fourth-order valence-electron chi connectivity index (χ4n) is 2.81. The second kappa shape index (κ2) is 6.95. The number of rotatable bonds is 7. The van der Waals surface area contributed by atoms with Gasteiger partial charge in [0.1, 0.15) is 12.3 Å². The number of furan rings is 1. The second-order valence-electron chi connectivity index (χ2n) is 6.32. The summed E-state index contributed by atoms with van der Waals surface area (Å²) in [5.41, 5.74) is 1.04. The van der Waals surface area contributed by atoms with Crippen molar-refractivity contribution in [1.82, 2.24) is 14.4 Å². The summed E-state index contributed by atoms with van der Waals surface area (Å²) in [6, 6.07) is 7.84. The van der Waals surface area contributed by atoms with Crippen LogP contribution in [0.2, 0.25) is 0 Å². The van der Waals surface area contributed by atoms with Gasteiger partial charge in [-0.05, 0) is 37.1 Å². The molecule has 1 aliphatic carbocycles. The molecule has 0 N–H and O–H groups in total. The summed E-state index contributed by atoms with van der Waals surface area (Å²) in [7, 11) is 1.96. The molecule has 0 unspecified atom stereocenters. The van der Waals surface area contributed by atoms with Crippen molar-refractivity contribution in [2.24, 2.45) is 7.05 Å². The Balaban J connectivity index is 1.73. The van der Waals surface area contributed by atoms with Crippen LogP contribution in [0.4, 0.5) is 0 Å². The van der Waals surface area contributed by atoms with E-state index in [0.29, 0.717) is 13.1 Å². The number of nitrogens with zero attached hydrogens (tertiary/aromatic N) is 3. The van der Waals surface area contributed by atoms with Gasteiger partial charge >= 0.3 is 0 Å². The van der Waals surface area contributed by atoms with Crippen molar-refractivity contribution in [3.8, 4) is 0 Å². The molecular formula is C18H23N3O3. The van der Waals surface area contributed by atoms with Gasteiger partial charge in [-0.1, -0.05) is 0 Å². The molecule has 2 heterocycles. The molecule has 0 radical (unpaired) electrons. The zero-order chi connectivity index (χ0) is 17.1. The minimum atomic E-state index is -0.0605. The Morgan fingerprint density at radius 1 is 1.25 bits per heavy atom. The maximum atomic E-state index is 12.8. The lowest BCUT2D eigenvalue weighted by molar-refractivity contribution is -0.140. The molecule has 1 aliphatic rings. The maximum Gasteiger partial charge on any atom is 0.242 e. The molecule has 128 valence electrons. The second-order valence-corrected chi connectivity index (χ2v) is 6.32. The molecule has 0 aromatic carbocycles. The molecule has 24 heavy (non-hydrogen) atoms. The summed E-state index contributed by atoms with van der Waals surface area (Å²) in [5, 5.41) is 0. The molecule has 6 heteroatoms. The van der Waals surface area contributed by atoms with E-state index >= 15 is 0 Å². The molecular weight excluding hydrogens is 306 g/mol. The van der Waals surface area contributed by atoms with E-state index in [0.717, 1.165) is 24.3 Å². The van der Waals surface area contributed by atoms with Crippen LogP contribution in [0.1, 0.15) is 31.2 Å². The van der Waals surface area contributed by atoms with E-state index in [9.17, 15) is 9.59 Å². The van der Waals surface area contributed by atoms with E-state index in [1.165, 1.54) is 6.92 Å². The SMILES string of the molecule is CC(=O)N(CC(=O)N(Cc1ccco1)Cc1cccn1C)C1CC1. The molecule has 0 bridgehead atoms. The van der Waals surface area contributed by atoms with Crippen LogP contribution in [-0.4, -0.2) is 38.8 Å². The summed E-state index contributed by atoms with van der Waals surface area (Å²) < 4.78 is 7.39. The van der Waals surface area contributed by atoms with E-state index in [4.69, 9.17) is 4.42 Å². The first-order valence-electron chi connectivity index (χ1n) is 8.22. The molecule has 0 aliphatic heterocycles. The number of aryl methyl sites for hydroxylation is 1. The Labute approximate surface area is 141 Å². The van der Waals surface area contributed by atoms with E-state index in [1.807, 2.05) is 42.1 Å². The fourth-order valence-corrected chi connectivity index (χ4v) is 2.81. The van der Waals surface area contributed by atoms with Crippen LogP contribution < -0.4 is 0 Å². The predicted molar refractivity (Wildman–Crippen MR) is 88.8 cm³/mol. The van der Waals surface area contributed by atoms with E-state index in [-0.39, 0.29) is 24.4 Å². The van der Waals surface area contributed by atoms with Crippen LogP contribution in [0.15, 0.2) is 41.1 Å². The molecule has 0 saturated heterocycles. The highest BCUT2D eigenvalue weighted by Gasteiger charge is 2.33. The van der Waals surface area contributed by atoms with Crippen molar-refractivity contribution in [2.45, 2.75) is 38.9 Å². The summed E-state index contributed by atoms with van der Waals surface area (Å²) >= 11 is 0. The highest BCUT2D eigenvalue weighted by molar-refractivity contribution is 5.84. The van der Waals surface area contributed by atoms with Crippen LogP contribution in [0, 0.1) is 0 Å². The van der Waals surface area contributed by atoms with E-state index in [2.05, 4.69) is 0 Å². The quantitative estimate of drug-likeness (QED) is 0.782. The first kappa shape index (κ1) is 16.4. The lowest BCUT2D eigenvalue weighted by Gasteiger charge is -2.26. The van der Waals surface area contributed by atoms with Gasteiger partial charge in [0.15, 0.2) is 0 Å². The number of aromatic nitrogens is 1. The monoisotopic (exact) mass is 329 g/mol. The van der Waals surface area contributed by atoms with Crippen LogP contribution in [0.5, 0.6) is 0 Å². The van der Waals surface area contributed by atoms with Crippen molar-refractivity contribution in [3.63, 3.8) is 0 Å². The number of carbonyl (C=O) groups is 2. The largest absolute Gasteiger partial charge is 0.467 e. The van der Waals surface area contributed by atoms with Crippen molar-refractivity contribution in [3.05, 3.63) is 48.2 Å². The summed E-state index contributed by atoms with van der Waals surface area (Å²) in [6.07, 6.45) is 5.54. The van der Waals surface area contributed by atoms with Gasteiger partial charge in [0.25, 0.3) is 0 Å². The highest BCUT2D eigenvalue weighted by atomic mass is 16.3. The predicted octanol–water partition coefficient (Wildman–Crippen LogP) is 2.16. The van der Waals surface area contributed by atoms with Crippen LogP contribution in [0.3, 0.4) is 0 Å². The summed E-state index contributed by atoms with van der Waals surface area (Å²) in [4.78, 5) is 28.1. The molecule has 1 saturated carbocycles. The van der Waals surface area contributed by atoms with Gasteiger partial charge in [-0.15, -0.1) is 0 Å². The molecule has 0 spiro atoms. The minimum absolute atomic E-state index is 0.0392. The number of amides is 2. The number of hydrogen-bond donors (Lipinski definition) is 0. The Hall–Kier alpha value is -2.50. The van der Waals surface area contributed by atoms with Gasteiger partial charge in [-0.2, -0.15) is 0 Å². The van der Waals surface area contributed by atoms with Crippen molar-refractivity contribution in [2.75, 3.05) is 6.54 Å². The summed E-state index contributed by atoms with van der Waals surface area (Å²) in [6.45, 7) is 2.54. The third-order valence-electron chi connectivity index (χ3n) is 4.38. The topological polar surface area (TPSA) is 58.7 Å². The standard InChI is InChI=1S/C18H23N3O3/c1-14(22)21(15-7-8-15)13-18(23)20(12-17-6-4-10-24-17)11-16-5-3-9-19(16)2/h3-6,9-10,15H,7-8,11-13H2,1-2H3. The van der Waals surface area contributed by atoms with Crippen molar-refractivity contribution >= 4 is 11.8 Å². The lowest BCUT2D eigenvalue weighted by atomic mass is 10.3. The molecule has 1 fully saturated rings. The Bertz CT molecular complexity index is 701. The minimum Gasteiger partial charge on any atom is -0.467 e. The molecule has 2 aromatic rings. The van der Waals surface area contributed by atoms with Gasteiger partial charge < -0.3 is 18.8 Å². The van der Waals surface area contributed by atoms with Crippen LogP contribution >= 0.6 is 0 Å². The Morgan fingerprint density at radius 3 is 2.58 bits per heavy atom. The third kappa shape index (κ3) is 3.88. The fraction of sp³-hybridized carbons (Fsp3) is 0.444. The van der Waals surface area contributed by atoms with E-state index < -0.39 is 0 Å². The number of carbonyl (C=O) groups excluding carboxylic acids is 2. The molecule has 0 atom stereocenters. The molecule has 2 amide bonds. The number of hydrogen-bond acceptors (Lipinski definition) is 3.